The van der Waals surface area contributed by atoms with E-state index >= 15 is 0 Å². The first-order valence-corrected chi connectivity index (χ1v) is 13.3. The molecule has 0 radical (unpaired) electrons. The van der Waals surface area contributed by atoms with E-state index in [4.69, 9.17) is 4.74 Å². The van der Waals surface area contributed by atoms with Crippen molar-refractivity contribution in [1.82, 2.24) is 4.72 Å². The van der Waals surface area contributed by atoms with Gasteiger partial charge >= 0.3 is 6.36 Å². The lowest BCUT2D eigenvalue weighted by Gasteiger charge is -2.36. The molecular formula is C27H26F3NO4S. The lowest BCUT2D eigenvalue weighted by Crippen LogP contribution is -2.44. The molecule has 1 aliphatic carbocycles. The van der Waals surface area contributed by atoms with Gasteiger partial charge in [0.1, 0.15) is 5.75 Å². The van der Waals surface area contributed by atoms with Crippen LogP contribution in [-0.2, 0) is 27.6 Å². The van der Waals surface area contributed by atoms with Gasteiger partial charge in [0.05, 0.1) is 11.0 Å². The highest BCUT2D eigenvalue weighted by atomic mass is 32.2. The van der Waals surface area contributed by atoms with E-state index in [1.807, 2.05) is 24.3 Å². The summed E-state index contributed by atoms with van der Waals surface area (Å²) in [6.07, 6.45) is -2.23. The minimum atomic E-state index is -4.84. The Hall–Kier alpha value is -2.88. The number of hydrogen-bond donors (Lipinski definition) is 1. The molecule has 1 N–H and O–H groups in total. The molecule has 1 fully saturated rings. The molecule has 0 bridgehead atoms. The minimum absolute atomic E-state index is 0.0222. The van der Waals surface area contributed by atoms with E-state index in [1.54, 1.807) is 0 Å². The Kier molecular flexibility index (Phi) is 6.80. The molecule has 3 aromatic rings. The molecule has 190 valence electrons. The molecule has 1 heterocycles. The fourth-order valence-electron chi connectivity index (χ4n) is 5.24. The van der Waals surface area contributed by atoms with Crippen molar-refractivity contribution in [3.63, 3.8) is 0 Å². The van der Waals surface area contributed by atoms with Gasteiger partial charge in [-0.3, -0.25) is 0 Å². The maximum Gasteiger partial charge on any atom is 0.573 e. The Balaban J connectivity index is 1.37. The lowest BCUT2D eigenvalue weighted by atomic mass is 9.80. The molecule has 1 aliphatic heterocycles. The molecule has 2 aliphatic rings. The van der Waals surface area contributed by atoms with Gasteiger partial charge in [0.15, 0.2) is 0 Å². The molecule has 0 saturated carbocycles. The molecule has 36 heavy (non-hydrogen) atoms. The predicted molar refractivity (Wildman–Crippen MR) is 128 cm³/mol. The zero-order chi connectivity index (χ0) is 25.3. The van der Waals surface area contributed by atoms with Crippen molar-refractivity contribution in [3.8, 4) is 5.75 Å². The highest BCUT2D eigenvalue weighted by molar-refractivity contribution is 7.89. The minimum Gasteiger partial charge on any atom is -0.406 e. The van der Waals surface area contributed by atoms with Gasteiger partial charge in [0.2, 0.25) is 10.0 Å². The summed E-state index contributed by atoms with van der Waals surface area (Å²) in [6.45, 7) is 0.400. The fourth-order valence-corrected chi connectivity index (χ4v) is 6.53. The van der Waals surface area contributed by atoms with Crippen LogP contribution in [0.5, 0.6) is 5.75 Å². The number of fused-ring (bicyclic) bond motifs is 2. The van der Waals surface area contributed by atoms with Gasteiger partial charge in [-0.25, -0.2) is 13.1 Å². The van der Waals surface area contributed by atoms with E-state index in [0.29, 0.717) is 19.4 Å². The second kappa shape index (κ2) is 9.88. The SMILES string of the molecule is O=S(=O)(N[C@H]1CCO[C@H](C2c3ccccc3CCc3ccccc32)C1)c1ccc(OC(F)(F)F)cc1. The third-order valence-electron chi connectivity index (χ3n) is 6.82. The zero-order valence-electron chi connectivity index (χ0n) is 19.4. The summed E-state index contributed by atoms with van der Waals surface area (Å²) in [5.41, 5.74) is 4.95. The highest BCUT2D eigenvalue weighted by Crippen LogP contribution is 2.40. The average molecular weight is 518 g/mol. The van der Waals surface area contributed by atoms with Gasteiger partial charge in [-0.2, -0.15) is 0 Å². The van der Waals surface area contributed by atoms with Crippen molar-refractivity contribution in [2.24, 2.45) is 0 Å². The van der Waals surface area contributed by atoms with Gasteiger partial charge in [0, 0.05) is 18.6 Å². The lowest BCUT2D eigenvalue weighted by molar-refractivity contribution is -0.274. The fraction of sp³-hybridized carbons (Fsp3) is 0.333. The molecule has 0 unspecified atom stereocenters. The first-order chi connectivity index (χ1) is 17.2. The van der Waals surface area contributed by atoms with Crippen LogP contribution >= 0.6 is 0 Å². The Bertz CT molecular complexity index is 1280. The number of sulfonamides is 1. The van der Waals surface area contributed by atoms with Crippen LogP contribution in [0, 0.1) is 0 Å². The summed E-state index contributed by atoms with van der Waals surface area (Å²) in [7, 11) is -3.95. The van der Waals surface area contributed by atoms with Crippen LogP contribution in [0.4, 0.5) is 13.2 Å². The van der Waals surface area contributed by atoms with E-state index < -0.39 is 22.1 Å². The molecule has 3 aromatic carbocycles. The predicted octanol–water partition coefficient (Wildman–Crippen LogP) is 5.34. The number of aryl methyl sites for hydroxylation is 2. The third-order valence-corrected chi connectivity index (χ3v) is 8.36. The molecule has 9 heteroatoms. The van der Waals surface area contributed by atoms with E-state index in [-0.39, 0.29) is 23.0 Å². The number of hydrogen-bond acceptors (Lipinski definition) is 4. The van der Waals surface area contributed by atoms with Crippen molar-refractivity contribution >= 4 is 10.0 Å². The van der Waals surface area contributed by atoms with Crippen molar-refractivity contribution < 1.29 is 31.1 Å². The second-order valence-corrected chi connectivity index (χ2v) is 10.9. The molecular weight excluding hydrogens is 491 g/mol. The van der Waals surface area contributed by atoms with Gasteiger partial charge in [-0.1, -0.05) is 48.5 Å². The summed E-state index contributed by atoms with van der Waals surface area (Å²) < 4.78 is 76.1. The van der Waals surface area contributed by atoms with Crippen molar-refractivity contribution in [2.75, 3.05) is 6.61 Å². The monoisotopic (exact) mass is 517 g/mol. The Morgan fingerprint density at radius 2 is 1.44 bits per heavy atom. The van der Waals surface area contributed by atoms with Gasteiger partial charge in [-0.05, 0) is 72.2 Å². The molecule has 0 aromatic heterocycles. The summed E-state index contributed by atoms with van der Waals surface area (Å²) in [5, 5.41) is 0. The summed E-state index contributed by atoms with van der Waals surface area (Å²) in [4.78, 5) is -0.120. The quantitative estimate of drug-likeness (QED) is 0.496. The van der Waals surface area contributed by atoms with Crippen LogP contribution in [0.3, 0.4) is 0 Å². The van der Waals surface area contributed by atoms with Crippen LogP contribution in [-0.4, -0.2) is 33.5 Å². The smallest absolute Gasteiger partial charge is 0.406 e. The number of nitrogens with one attached hydrogen (secondary N) is 1. The maximum atomic E-state index is 13.0. The van der Waals surface area contributed by atoms with Crippen LogP contribution in [0.2, 0.25) is 0 Å². The number of alkyl halides is 3. The highest BCUT2D eigenvalue weighted by Gasteiger charge is 2.36. The standard InChI is InChI=1S/C27H26F3NO4S/c28-27(29,30)35-21-11-13-22(14-12-21)36(32,33)31-20-15-16-34-25(17-20)26-23-7-3-1-5-18(23)9-10-19-6-2-4-8-24(19)26/h1-8,11-14,20,25-26,31H,9-10,15-17H2/t20-,25-/m0/s1. The van der Waals surface area contributed by atoms with Crippen LogP contribution < -0.4 is 9.46 Å². The first kappa shape index (κ1) is 24.8. The Morgan fingerprint density at radius 1 is 0.861 bits per heavy atom. The molecule has 0 spiro atoms. The average Bonchev–Trinajstić information content (AvgIpc) is 3.00. The largest absolute Gasteiger partial charge is 0.573 e. The summed E-state index contributed by atoms with van der Waals surface area (Å²) in [6, 6.07) is 20.5. The number of ether oxygens (including phenoxy) is 2. The van der Waals surface area contributed by atoms with Crippen molar-refractivity contribution in [2.45, 2.75) is 55.0 Å². The van der Waals surface area contributed by atoms with Gasteiger partial charge in [-0.15, -0.1) is 13.2 Å². The molecule has 2 atom stereocenters. The van der Waals surface area contributed by atoms with E-state index in [9.17, 15) is 21.6 Å². The number of halogens is 3. The van der Waals surface area contributed by atoms with E-state index in [0.717, 1.165) is 37.1 Å². The zero-order valence-corrected chi connectivity index (χ0v) is 20.2. The Labute approximate surface area is 208 Å². The van der Waals surface area contributed by atoms with E-state index in [1.165, 1.54) is 22.3 Å². The van der Waals surface area contributed by atoms with Crippen molar-refractivity contribution in [3.05, 3.63) is 95.1 Å². The summed E-state index contributed by atoms with van der Waals surface area (Å²) >= 11 is 0. The summed E-state index contributed by atoms with van der Waals surface area (Å²) in [5.74, 6) is -0.496. The molecule has 1 saturated heterocycles. The van der Waals surface area contributed by atoms with E-state index in [2.05, 4.69) is 33.7 Å². The third kappa shape index (κ3) is 5.43. The maximum absolute atomic E-state index is 13.0. The topological polar surface area (TPSA) is 64.6 Å². The molecule has 5 rings (SSSR count). The first-order valence-electron chi connectivity index (χ1n) is 11.8. The normalized spacial score (nSPS) is 20.8. The number of benzene rings is 3. The van der Waals surface area contributed by atoms with Gasteiger partial charge < -0.3 is 9.47 Å². The van der Waals surface area contributed by atoms with Crippen LogP contribution in [0.1, 0.15) is 41.0 Å². The molecule has 0 amide bonds. The Morgan fingerprint density at radius 3 is 2.03 bits per heavy atom. The second-order valence-electron chi connectivity index (χ2n) is 9.15. The van der Waals surface area contributed by atoms with Crippen LogP contribution in [0.15, 0.2) is 77.7 Å². The number of rotatable bonds is 5. The van der Waals surface area contributed by atoms with Crippen molar-refractivity contribution in [1.29, 1.82) is 0 Å². The van der Waals surface area contributed by atoms with Gasteiger partial charge in [0.25, 0.3) is 0 Å². The van der Waals surface area contributed by atoms with Crippen LogP contribution in [0.25, 0.3) is 0 Å². The molecule has 5 nitrogen and oxygen atoms in total.